The number of carbonyl (C=O) groups excluding carboxylic acids is 1. The molecule has 0 radical (unpaired) electrons. The van der Waals surface area contributed by atoms with Crippen molar-refractivity contribution < 1.29 is 17.7 Å². The molecule has 0 N–H and O–H groups in total. The number of imidazole rings is 1. The quantitative estimate of drug-likeness (QED) is 0.223. The first kappa shape index (κ1) is 28.0. The minimum atomic E-state index is -3.35. The number of aromatic nitrogens is 4. The van der Waals surface area contributed by atoms with Gasteiger partial charge in [0.05, 0.1) is 38.4 Å². The summed E-state index contributed by atoms with van der Waals surface area (Å²) in [7, 11) is -3.35. The lowest BCUT2D eigenvalue weighted by molar-refractivity contribution is -0.120. The molecule has 1 fully saturated rings. The second kappa shape index (κ2) is 10.4. The molecule has 2 aliphatic rings. The highest BCUT2D eigenvalue weighted by molar-refractivity contribution is 7.90. The number of piperidine rings is 1. The molecule has 0 spiro atoms. The Bertz CT molecular complexity index is 1970. The van der Waals surface area contributed by atoms with Gasteiger partial charge in [0.15, 0.2) is 9.84 Å². The Morgan fingerprint density at radius 2 is 1.79 bits per heavy atom. The van der Waals surface area contributed by atoms with E-state index in [-0.39, 0.29) is 22.9 Å². The number of nitrogens with zero attached hydrogens (tertiary/aromatic N) is 5. The van der Waals surface area contributed by atoms with Gasteiger partial charge >= 0.3 is 0 Å². The van der Waals surface area contributed by atoms with Crippen LogP contribution in [0.5, 0.6) is 0 Å². The summed E-state index contributed by atoms with van der Waals surface area (Å²) >= 11 is 1.77. The van der Waals surface area contributed by atoms with Crippen LogP contribution >= 0.6 is 11.3 Å². The van der Waals surface area contributed by atoms with Crippen LogP contribution in [0.4, 0.5) is 5.69 Å². The molecule has 7 rings (SSSR count). The molecule has 1 amide bonds. The van der Waals surface area contributed by atoms with Crippen LogP contribution in [0, 0.1) is 20.8 Å². The minimum Gasteiger partial charge on any atom is -0.361 e. The lowest BCUT2D eigenvalue weighted by atomic mass is 9.95. The fourth-order valence-corrected chi connectivity index (χ4v) is 8.47. The molecule has 222 valence electrons. The molecule has 3 aromatic heterocycles. The Morgan fingerprint density at radius 1 is 1.00 bits per heavy atom. The van der Waals surface area contributed by atoms with Gasteiger partial charge in [-0.25, -0.2) is 18.4 Å². The summed E-state index contributed by atoms with van der Waals surface area (Å²) in [5, 5.41) is 5.24. The summed E-state index contributed by atoms with van der Waals surface area (Å²) in [5.74, 6) is 1.64. The van der Waals surface area contributed by atoms with E-state index < -0.39 is 9.84 Å². The molecule has 43 heavy (non-hydrogen) atoms. The maximum Gasteiger partial charge on any atom is 0.227 e. The number of benzene rings is 2. The Hall–Kier alpha value is -3.83. The SMILES string of the molecule is Cc1nc2c(s1)C[C@H](n1c([C@@H]3CCCC(=O)N3c3ccc(S(C)(=O)=O)cc3)nc3cc(-c4c(C)noc4C)ccc31)CC2. The highest BCUT2D eigenvalue weighted by Crippen LogP contribution is 2.42. The second-order valence-electron chi connectivity index (χ2n) is 11.7. The summed E-state index contributed by atoms with van der Waals surface area (Å²) in [6.07, 6.45) is 5.86. The third-order valence-electron chi connectivity index (χ3n) is 8.71. The highest BCUT2D eigenvalue weighted by Gasteiger charge is 2.36. The van der Waals surface area contributed by atoms with E-state index in [0.717, 1.165) is 76.6 Å². The van der Waals surface area contributed by atoms with Gasteiger partial charge in [-0.05, 0) is 88.4 Å². The Kier molecular flexibility index (Phi) is 6.77. The first-order valence-electron chi connectivity index (χ1n) is 14.6. The van der Waals surface area contributed by atoms with E-state index in [0.29, 0.717) is 12.1 Å². The predicted molar refractivity (Wildman–Crippen MR) is 166 cm³/mol. The zero-order valence-corrected chi connectivity index (χ0v) is 26.3. The zero-order valence-electron chi connectivity index (χ0n) is 24.6. The maximum absolute atomic E-state index is 13.6. The van der Waals surface area contributed by atoms with Gasteiger partial charge in [0.2, 0.25) is 5.91 Å². The van der Waals surface area contributed by atoms with Gasteiger partial charge in [-0.15, -0.1) is 11.3 Å². The number of amides is 1. The fourth-order valence-electron chi connectivity index (χ4n) is 6.79. The summed E-state index contributed by atoms with van der Waals surface area (Å²) in [5.41, 5.74) is 6.58. The van der Waals surface area contributed by atoms with Crippen LogP contribution in [-0.4, -0.2) is 40.3 Å². The molecular formula is C32H33N5O4S2. The third kappa shape index (κ3) is 4.88. The molecule has 0 saturated carbocycles. The minimum absolute atomic E-state index is 0.0161. The molecule has 11 heteroatoms. The van der Waals surface area contributed by atoms with Gasteiger partial charge in [-0.3, -0.25) is 4.79 Å². The number of rotatable bonds is 5. The zero-order chi connectivity index (χ0) is 30.0. The number of thiazole rings is 1. The Balaban J connectivity index is 1.38. The molecule has 0 bridgehead atoms. The molecule has 4 heterocycles. The van der Waals surface area contributed by atoms with Crippen LogP contribution < -0.4 is 4.90 Å². The van der Waals surface area contributed by atoms with Crippen molar-refractivity contribution in [3.05, 3.63) is 75.3 Å². The van der Waals surface area contributed by atoms with Crippen molar-refractivity contribution in [2.24, 2.45) is 0 Å². The second-order valence-corrected chi connectivity index (χ2v) is 15.0. The van der Waals surface area contributed by atoms with Crippen molar-refractivity contribution in [1.29, 1.82) is 0 Å². The molecule has 2 atom stereocenters. The van der Waals surface area contributed by atoms with Gasteiger partial charge in [0.25, 0.3) is 0 Å². The summed E-state index contributed by atoms with van der Waals surface area (Å²) in [4.78, 5) is 27.0. The van der Waals surface area contributed by atoms with Crippen LogP contribution in [0.1, 0.15) is 70.6 Å². The van der Waals surface area contributed by atoms with Crippen LogP contribution in [0.3, 0.4) is 0 Å². The predicted octanol–water partition coefficient (Wildman–Crippen LogP) is 6.46. The molecule has 0 unspecified atom stereocenters. The van der Waals surface area contributed by atoms with Gasteiger partial charge in [-0.1, -0.05) is 11.2 Å². The van der Waals surface area contributed by atoms with Gasteiger partial charge in [-0.2, -0.15) is 0 Å². The number of hydrogen-bond donors (Lipinski definition) is 0. The molecule has 2 aromatic carbocycles. The number of anilines is 1. The van der Waals surface area contributed by atoms with E-state index in [1.54, 1.807) is 35.6 Å². The number of hydrogen-bond acceptors (Lipinski definition) is 8. The van der Waals surface area contributed by atoms with Gasteiger partial charge < -0.3 is 14.0 Å². The molecule has 1 saturated heterocycles. The van der Waals surface area contributed by atoms with Gasteiger partial charge in [0, 0.05) is 41.3 Å². The average molecular weight is 616 g/mol. The average Bonchev–Trinajstić information content (AvgIpc) is 3.64. The number of carbonyl (C=O) groups is 1. The molecule has 5 aromatic rings. The number of fused-ring (bicyclic) bond motifs is 2. The first-order valence-corrected chi connectivity index (χ1v) is 17.3. The first-order chi connectivity index (χ1) is 20.6. The van der Waals surface area contributed by atoms with E-state index in [1.165, 1.54) is 16.8 Å². The van der Waals surface area contributed by atoms with Crippen molar-refractivity contribution in [1.82, 2.24) is 19.7 Å². The fraction of sp³-hybridized carbons (Fsp3) is 0.375. The van der Waals surface area contributed by atoms with Crippen LogP contribution in [0.2, 0.25) is 0 Å². The monoisotopic (exact) mass is 615 g/mol. The summed E-state index contributed by atoms with van der Waals surface area (Å²) in [6.45, 7) is 5.92. The normalized spacial score (nSPS) is 19.3. The Morgan fingerprint density at radius 3 is 2.51 bits per heavy atom. The van der Waals surface area contributed by atoms with Crippen molar-refractivity contribution in [2.75, 3.05) is 11.2 Å². The topological polar surface area (TPSA) is 111 Å². The number of aryl methyl sites for hydroxylation is 4. The lowest BCUT2D eigenvalue weighted by Crippen LogP contribution is -2.40. The van der Waals surface area contributed by atoms with Crippen molar-refractivity contribution in [2.45, 2.75) is 76.3 Å². The van der Waals surface area contributed by atoms with Crippen molar-refractivity contribution in [3.8, 4) is 11.1 Å². The third-order valence-corrected chi connectivity index (χ3v) is 10.9. The Labute approximate surface area is 254 Å². The van der Waals surface area contributed by atoms with E-state index in [1.807, 2.05) is 18.7 Å². The van der Waals surface area contributed by atoms with E-state index in [2.05, 4.69) is 34.8 Å². The molecule has 1 aliphatic carbocycles. The van der Waals surface area contributed by atoms with E-state index in [9.17, 15) is 13.2 Å². The standard InChI is InChI=1S/C32H33N5O4S2/c1-18-31(19(2)41-35-18)21-8-15-27-26(16-21)34-32(37(27)23-11-14-25-29(17-23)42-20(3)33-25)28-6-5-7-30(38)36(28)22-9-12-24(13-10-22)43(4,39)40/h8-10,12-13,15-16,23,28H,5-7,11,14,17H2,1-4H3/t23-,28+/m1/s1. The van der Waals surface area contributed by atoms with Gasteiger partial charge in [0.1, 0.15) is 11.6 Å². The summed E-state index contributed by atoms with van der Waals surface area (Å²) in [6, 6.07) is 12.9. The summed E-state index contributed by atoms with van der Waals surface area (Å²) < 4.78 is 32.1. The molecule has 1 aliphatic heterocycles. The van der Waals surface area contributed by atoms with Crippen LogP contribution in [-0.2, 0) is 27.5 Å². The van der Waals surface area contributed by atoms with E-state index in [4.69, 9.17) is 14.5 Å². The maximum atomic E-state index is 13.6. The van der Waals surface area contributed by atoms with Crippen molar-refractivity contribution >= 4 is 43.8 Å². The van der Waals surface area contributed by atoms with Crippen molar-refractivity contribution in [3.63, 3.8) is 0 Å². The lowest BCUT2D eigenvalue weighted by Gasteiger charge is -2.37. The smallest absolute Gasteiger partial charge is 0.227 e. The van der Waals surface area contributed by atoms with E-state index >= 15 is 0 Å². The highest BCUT2D eigenvalue weighted by atomic mass is 32.2. The van der Waals surface area contributed by atoms with Crippen LogP contribution in [0.25, 0.3) is 22.2 Å². The van der Waals surface area contributed by atoms with Crippen LogP contribution in [0.15, 0.2) is 51.9 Å². The number of sulfone groups is 1. The largest absolute Gasteiger partial charge is 0.361 e. The molecule has 9 nitrogen and oxygen atoms in total. The molecular weight excluding hydrogens is 583 g/mol.